The number of unbranched alkanes of at least 4 members (excludes halogenated alkanes) is 1. The molecule has 0 aliphatic carbocycles. The number of ether oxygens (including phenoxy) is 2. The highest BCUT2D eigenvalue weighted by molar-refractivity contribution is 5.89. The van der Waals surface area contributed by atoms with Gasteiger partial charge in [0.15, 0.2) is 0 Å². The Morgan fingerprint density at radius 2 is 1.62 bits per heavy atom. The molecule has 0 radical (unpaired) electrons. The number of carbonyl (C=O) groups is 3. The van der Waals surface area contributed by atoms with Crippen LogP contribution in [0.15, 0.2) is 54.6 Å². The first-order valence-electron chi connectivity index (χ1n) is 10.6. The molecule has 0 aliphatic rings. The Balaban J connectivity index is 2.01. The number of phenols is 1. The molecule has 8 heteroatoms. The van der Waals surface area contributed by atoms with E-state index < -0.39 is 30.1 Å². The number of carbonyl (C=O) groups excluding carboxylic acids is 3. The minimum atomic E-state index is -0.941. The topological polar surface area (TPSA) is 114 Å². The van der Waals surface area contributed by atoms with E-state index in [0.29, 0.717) is 12.8 Å². The van der Waals surface area contributed by atoms with Crippen LogP contribution >= 0.6 is 0 Å². The lowest BCUT2D eigenvalue weighted by Crippen LogP contribution is -2.52. The fraction of sp³-hybridized carbons (Fsp3) is 0.375. The second-order valence-corrected chi connectivity index (χ2v) is 7.36. The molecule has 2 amide bonds. The van der Waals surface area contributed by atoms with Gasteiger partial charge in [-0.2, -0.15) is 0 Å². The van der Waals surface area contributed by atoms with Crippen molar-refractivity contribution >= 4 is 18.0 Å². The SMILES string of the molecule is CCCC[C@@H](NC(=O)OCc1ccccc1)C(=O)N[C@H](Cc1ccc(O)cc1)C(=O)OC. The zero-order valence-electron chi connectivity index (χ0n) is 18.4. The minimum absolute atomic E-state index is 0.0838. The quantitative estimate of drug-likeness (QED) is 0.461. The van der Waals surface area contributed by atoms with E-state index in [-0.39, 0.29) is 18.8 Å². The molecule has 2 aromatic carbocycles. The average Bonchev–Trinajstić information content (AvgIpc) is 2.81. The van der Waals surface area contributed by atoms with Gasteiger partial charge in [-0.05, 0) is 29.7 Å². The van der Waals surface area contributed by atoms with Crippen molar-refractivity contribution in [2.45, 2.75) is 51.3 Å². The molecule has 0 unspecified atom stereocenters. The number of alkyl carbamates (subject to hydrolysis) is 1. The Morgan fingerprint density at radius 3 is 2.25 bits per heavy atom. The van der Waals surface area contributed by atoms with Crippen LogP contribution in [0.3, 0.4) is 0 Å². The van der Waals surface area contributed by atoms with E-state index in [4.69, 9.17) is 9.47 Å². The monoisotopic (exact) mass is 442 g/mol. The highest BCUT2D eigenvalue weighted by atomic mass is 16.5. The molecule has 0 fully saturated rings. The van der Waals surface area contributed by atoms with Crippen LogP contribution in [0, 0.1) is 0 Å². The zero-order valence-corrected chi connectivity index (χ0v) is 18.4. The van der Waals surface area contributed by atoms with E-state index in [9.17, 15) is 19.5 Å². The number of phenolic OH excluding ortho intramolecular Hbond substituents is 1. The van der Waals surface area contributed by atoms with E-state index in [2.05, 4.69) is 10.6 Å². The van der Waals surface area contributed by atoms with Gasteiger partial charge in [0, 0.05) is 6.42 Å². The summed E-state index contributed by atoms with van der Waals surface area (Å²) < 4.78 is 10.0. The van der Waals surface area contributed by atoms with Crippen LogP contribution in [-0.4, -0.2) is 42.3 Å². The van der Waals surface area contributed by atoms with Crippen LogP contribution in [0.2, 0.25) is 0 Å². The first-order valence-corrected chi connectivity index (χ1v) is 10.6. The molecule has 0 spiro atoms. The predicted octanol–water partition coefficient (Wildman–Crippen LogP) is 3.08. The molecule has 2 atom stereocenters. The number of hydrogen-bond donors (Lipinski definition) is 3. The molecule has 2 rings (SSSR count). The van der Waals surface area contributed by atoms with Gasteiger partial charge < -0.3 is 25.2 Å². The van der Waals surface area contributed by atoms with E-state index >= 15 is 0 Å². The van der Waals surface area contributed by atoms with Gasteiger partial charge in [-0.25, -0.2) is 9.59 Å². The Labute approximate surface area is 187 Å². The van der Waals surface area contributed by atoms with Crippen molar-refractivity contribution in [1.82, 2.24) is 10.6 Å². The number of hydrogen-bond acceptors (Lipinski definition) is 6. The summed E-state index contributed by atoms with van der Waals surface area (Å²) in [5, 5.41) is 14.7. The molecule has 0 aromatic heterocycles. The van der Waals surface area contributed by atoms with Crippen molar-refractivity contribution in [3.8, 4) is 5.75 Å². The Hall–Kier alpha value is -3.55. The number of nitrogens with one attached hydrogen (secondary N) is 2. The fourth-order valence-electron chi connectivity index (χ4n) is 3.06. The third-order valence-electron chi connectivity index (χ3n) is 4.85. The summed E-state index contributed by atoms with van der Waals surface area (Å²) in [6.07, 6.45) is 1.41. The lowest BCUT2D eigenvalue weighted by atomic mass is 10.0. The molecule has 2 aromatic rings. The van der Waals surface area contributed by atoms with E-state index in [1.165, 1.54) is 19.2 Å². The van der Waals surface area contributed by atoms with Gasteiger partial charge in [-0.3, -0.25) is 4.79 Å². The van der Waals surface area contributed by atoms with Gasteiger partial charge in [0.05, 0.1) is 7.11 Å². The lowest BCUT2D eigenvalue weighted by molar-refractivity contribution is -0.145. The zero-order chi connectivity index (χ0) is 23.3. The number of esters is 1. The molecule has 3 N–H and O–H groups in total. The average molecular weight is 443 g/mol. The Morgan fingerprint density at radius 1 is 0.938 bits per heavy atom. The summed E-state index contributed by atoms with van der Waals surface area (Å²) in [7, 11) is 1.24. The number of rotatable bonds is 11. The lowest BCUT2D eigenvalue weighted by Gasteiger charge is -2.22. The summed E-state index contributed by atoms with van der Waals surface area (Å²) in [5.74, 6) is -0.998. The first kappa shape index (κ1) is 24.7. The van der Waals surface area contributed by atoms with Gasteiger partial charge in [0.25, 0.3) is 0 Å². The molecule has 8 nitrogen and oxygen atoms in total. The molecule has 172 valence electrons. The molecule has 0 bridgehead atoms. The molecule has 0 aliphatic heterocycles. The second-order valence-electron chi connectivity index (χ2n) is 7.36. The van der Waals surface area contributed by atoms with Gasteiger partial charge >= 0.3 is 12.1 Å². The third-order valence-corrected chi connectivity index (χ3v) is 4.85. The molecular formula is C24H30N2O6. The Kier molecular flexibility index (Phi) is 10.0. The molecular weight excluding hydrogens is 412 g/mol. The van der Waals surface area contributed by atoms with E-state index in [0.717, 1.165) is 17.5 Å². The second kappa shape index (κ2) is 13.0. The van der Waals surface area contributed by atoms with Crippen molar-refractivity contribution in [3.05, 3.63) is 65.7 Å². The number of aromatic hydroxyl groups is 1. The Bertz CT molecular complexity index is 870. The number of methoxy groups -OCH3 is 1. The molecule has 0 heterocycles. The van der Waals surface area contributed by atoms with Crippen LogP contribution in [0.5, 0.6) is 5.75 Å². The fourth-order valence-corrected chi connectivity index (χ4v) is 3.06. The van der Waals surface area contributed by atoms with Crippen LogP contribution in [-0.2, 0) is 32.1 Å². The van der Waals surface area contributed by atoms with Gasteiger partial charge in [0.2, 0.25) is 5.91 Å². The summed E-state index contributed by atoms with van der Waals surface area (Å²) in [4.78, 5) is 37.4. The van der Waals surface area contributed by atoms with Crippen LogP contribution < -0.4 is 10.6 Å². The summed E-state index contributed by atoms with van der Waals surface area (Å²) in [5.41, 5.74) is 1.57. The molecule has 32 heavy (non-hydrogen) atoms. The maximum absolute atomic E-state index is 12.9. The number of benzene rings is 2. The van der Waals surface area contributed by atoms with Crippen LogP contribution in [0.25, 0.3) is 0 Å². The normalized spacial score (nSPS) is 12.3. The highest BCUT2D eigenvalue weighted by Gasteiger charge is 2.27. The van der Waals surface area contributed by atoms with Crippen molar-refractivity contribution in [2.75, 3.05) is 7.11 Å². The van der Waals surface area contributed by atoms with Crippen molar-refractivity contribution in [1.29, 1.82) is 0 Å². The largest absolute Gasteiger partial charge is 0.508 e. The van der Waals surface area contributed by atoms with Crippen molar-refractivity contribution in [2.24, 2.45) is 0 Å². The van der Waals surface area contributed by atoms with Crippen LogP contribution in [0.4, 0.5) is 4.79 Å². The van der Waals surface area contributed by atoms with Gasteiger partial charge in [-0.15, -0.1) is 0 Å². The van der Waals surface area contributed by atoms with Crippen molar-refractivity contribution in [3.63, 3.8) is 0 Å². The van der Waals surface area contributed by atoms with Gasteiger partial charge in [0.1, 0.15) is 24.4 Å². The molecule has 0 saturated heterocycles. The summed E-state index contributed by atoms with van der Waals surface area (Å²) in [6.45, 7) is 2.06. The number of amides is 2. The van der Waals surface area contributed by atoms with Gasteiger partial charge in [-0.1, -0.05) is 62.2 Å². The maximum Gasteiger partial charge on any atom is 0.408 e. The summed E-state index contributed by atoms with van der Waals surface area (Å²) >= 11 is 0. The smallest absolute Gasteiger partial charge is 0.408 e. The summed E-state index contributed by atoms with van der Waals surface area (Å²) in [6, 6.07) is 13.7. The standard InChI is InChI=1S/C24H30N2O6/c1-3-4-10-20(26-24(30)32-16-18-8-6-5-7-9-18)22(28)25-21(23(29)31-2)15-17-11-13-19(27)14-12-17/h5-9,11-14,20-21,27H,3-4,10,15-16H2,1-2H3,(H,25,28)(H,26,30)/t20-,21-/m1/s1. The van der Waals surface area contributed by atoms with E-state index in [1.807, 2.05) is 37.3 Å². The van der Waals surface area contributed by atoms with Crippen molar-refractivity contribution < 1.29 is 29.0 Å². The van der Waals surface area contributed by atoms with E-state index in [1.54, 1.807) is 12.1 Å². The first-order chi connectivity index (χ1) is 15.4. The molecule has 0 saturated carbocycles. The predicted molar refractivity (Wildman–Crippen MR) is 119 cm³/mol. The van der Waals surface area contributed by atoms with Crippen LogP contribution in [0.1, 0.15) is 37.3 Å². The third kappa shape index (κ3) is 8.29. The highest BCUT2D eigenvalue weighted by Crippen LogP contribution is 2.12. The minimum Gasteiger partial charge on any atom is -0.508 e. The maximum atomic E-state index is 12.9.